The Hall–Kier alpha value is -3.50. The molecule has 3 atom stereocenters. The van der Waals surface area contributed by atoms with E-state index in [1.54, 1.807) is 6.92 Å². The molecule has 0 bridgehead atoms. The molecule has 1 saturated heterocycles. The molecule has 2 heterocycles. The van der Waals surface area contributed by atoms with Crippen molar-refractivity contribution in [1.82, 2.24) is 15.2 Å². The number of hydrogen-bond donors (Lipinski definition) is 2. The maximum absolute atomic E-state index is 14.4. The zero-order chi connectivity index (χ0) is 28.8. The molecule has 2 aromatic carbocycles. The van der Waals surface area contributed by atoms with Crippen molar-refractivity contribution in [1.29, 1.82) is 0 Å². The Morgan fingerprint density at radius 3 is 2.52 bits per heavy atom. The second kappa shape index (κ2) is 10.8. The highest BCUT2D eigenvalue weighted by atomic mass is 35.5. The van der Waals surface area contributed by atoms with Crippen molar-refractivity contribution in [2.75, 3.05) is 25.9 Å². The van der Waals surface area contributed by atoms with E-state index >= 15 is 0 Å². The van der Waals surface area contributed by atoms with Crippen molar-refractivity contribution in [2.45, 2.75) is 43.9 Å². The van der Waals surface area contributed by atoms with E-state index in [1.165, 1.54) is 48.7 Å². The molecule has 210 valence electrons. The number of amides is 1. The van der Waals surface area contributed by atoms with Crippen LogP contribution in [0.1, 0.15) is 57.5 Å². The fraction of sp³-hybridized carbons (Fsp3) is 0.345. The minimum absolute atomic E-state index is 0.0444. The third-order valence-corrected chi connectivity index (χ3v) is 7.60. The van der Waals surface area contributed by atoms with Crippen LogP contribution in [-0.2, 0) is 0 Å². The van der Waals surface area contributed by atoms with E-state index in [0.717, 1.165) is 24.0 Å². The first kappa shape index (κ1) is 28.0. The lowest BCUT2D eigenvalue weighted by Gasteiger charge is -2.23. The van der Waals surface area contributed by atoms with Crippen LogP contribution in [0.2, 0.25) is 5.02 Å². The monoisotopic (exact) mass is 573 g/mol. The fourth-order valence-corrected chi connectivity index (χ4v) is 4.82. The quantitative estimate of drug-likeness (QED) is 0.148. The molecule has 40 heavy (non-hydrogen) atoms. The van der Waals surface area contributed by atoms with Crippen LogP contribution in [0, 0.1) is 12.7 Å². The summed E-state index contributed by atoms with van der Waals surface area (Å²) in [6, 6.07) is 9.89. The van der Waals surface area contributed by atoms with Crippen molar-refractivity contribution in [3.8, 4) is 11.3 Å². The van der Waals surface area contributed by atoms with Crippen LogP contribution in [0.25, 0.3) is 11.3 Å². The second-order valence-corrected chi connectivity index (χ2v) is 10.8. The Balaban J connectivity index is 1.45. The van der Waals surface area contributed by atoms with Gasteiger partial charge in [-0.2, -0.15) is 13.2 Å². The molecular formula is C29H28ClF4N5O. The average molecular weight is 574 g/mol. The number of likely N-dealkylation sites (N-methyl/N-ethyl adjacent to an activating group) is 1. The molecule has 0 spiro atoms. The van der Waals surface area contributed by atoms with Gasteiger partial charge in [0.1, 0.15) is 11.7 Å². The number of nitrogens with one attached hydrogen (secondary N) is 1. The average Bonchev–Trinajstić information content (AvgIpc) is 3.83. The van der Waals surface area contributed by atoms with Crippen LogP contribution < -0.4 is 11.1 Å². The van der Waals surface area contributed by atoms with Gasteiger partial charge in [0.2, 0.25) is 0 Å². The van der Waals surface area contributed by atoms with E-state index in [2.05, 4.69) is 15.3 Å². The third-order valence-electron chi connectivity index (χ3n) is 7.28. The lowest BCUT2D eigenvalue weighted by molar-refractivity contribution is -0.149. The van der Waals surface area contributed by atoms with Crippen molar-refractivity contribution in [2.24, 2.45) is 4.99 Å². The number of carbonyl (C=O) groups excluding carboxylic acids is 1. The molecule has 3 aromatic rings. The number of anilines is 1. The number of hydrogen-bond acceptors (Lipinski definition) is 5. The zero-order valence-corrected chi connectivity index (χ0v) is 22.7. The lowest BCUT2D eigenvalue weighted by Crippen LogP contribution is -2.35. The maximum Gasteiger partial charge on any atom is 0.398 e. The number of halogens is 5. The molecule has 3 N–H and O–H groups in total. The van der Waals surface area contributed by atoms with Gasteiger partial charge in [0.25, 0.3) is 5.91 Å². The first-order chi connectivity index (χ1) is 18.9. The normalized spacial score (nSPS) is 19.6. The summed E-state index contributed by atoms with van der Waals surface area (Å²) in [4.78, 5) is 23.8. The summed E-state index contributed by atoms with van der Waals surface area (Å²) in [6.07, 6.45) is -1.23. The van der Waals surface area contributed by atoms with Gasteiger partial charge in [-0.3, -0.25) is 19.7 Å². The Morgan fingerprint density at radius 2 is 1.93 bits per heavy atom. The minimum atomic E-state index is -4.71. The van der Waals surface area contributed by atoms with Gasteiger partial charge < -0.3 is 11.1 Å². The van der Waals surface area contributed by atoms with Gasteiger partial charge in [-0.05, 0) is 80.4 Å². The minimum Gasteiger partial charge on any atom is -0.397 e. The molecule has 1 aliphatic heterocycles. The van der Waals surface area contributed by atoms with Crippen LogP contribution in [0.15, 0.2) is 47.5 Å². The highest BCUT2D eigenvalue weighted by Gasteiger charge is 2.43. The molecular weight excluding hydrogens is 546 g/mol. The van der Waals surface area contributed by atoms with E-state index in [4.69, 9.17) is 17.3 Å². The van der Waals surface area contributed by atoms with E-state index in [0.29, 0.717) is 23.4 Å². The topological polar surface area (TPSA) is 83.4 Å². The summed E-state index contributed by atoms with van der Waals surface area (Å²) in [6.45, 7) is 1.76. The summed E-state index contributed by atoms with van der Waals surface area (Å²) in [7, 11) is 1.88. The molecule has 2 aliphatic rings. The molecule has 0 radical (unpaired) electrons. The van der Waals surface area contributed by atoms with Gasteiger partial charge >= 0.3 is 6.18 Å². The van der Waals surface area contributed by atoms with Crippen molar-refractivity contribution >= 4 is 29.4 Å². The molecule has 1 saturated carbocycles. The maximum atomic E-state index is 14.4. The molecule has 11 heteroatoms. The number of pyridine rings is 1. The number of aromatic nitrogens is 1. The number of benzene rings is 2. The smallest absolute Gasteiger partial charge is 0.397 e. The van der Waals surface area contributed by atoms with Crippen LogP contribution in [0.4, 0.5) is 23.2 Å². The number of alkyl halides is 3. The number of carbonyl (C=O) groups is 1. The van der Waals surface area contributed by atoms with E-state index in [9.17, 15) is 22.4 Å². The lowest BCUT2D eigenvalue weighted by atomic mass is 9.94. The van der Waals surface area contributed by atoms with Gasteiger partial charge in [-0.25, -0.2) is 4.39 Å². The SMILES string of the molecule is Cc1c(C2CN2C)cc(C(CNC(=O)c2cc(Cl)c(N)c(C=NC3CC3)c2)C(F)(F)F)nc1-c1ccc(F)cc1. The third kappa shape index (κ3) is 6.13. The Kier molecular flexibility index (Phi) is 7.58. The molecule has 3 unspecified atom stereocenters. The van der Waals surface area contributed by atoms with Gasteiger partial charge in [0, 0.05) is 42.0 Å². The fourth-order valence-electron chi connectivity index (χ4n) is 4.60. The zero-order valence-electron chi connectivity index (χ0n) is 21.9. The summed E-state index contributed by atoms with van der Waals surface area (Å²) in [5.41, 5.74) is 8.83. The number of aliphatic imine (C=N–C) groups is 1. The summed E-state index contributed by atoms with van der Waals surface area (Å²) in [5, 5.41) is 2.52. The van der Waals surface area contributed by atoms with Crippen LogP contribution in [-0.4, -0.2) is 54.4 Å². The molecule has 1 aromatic heterocycles. The van der Waals surface area contributed by atoms with Gasteiger partial charge in [-0.1, -0.05) is 11.6 Å². The predicted molar refractivity (Wildman–Crippen MR) is 147 cm³/mol. The number of rotatable bonds is 8. The van der Waals surface area contributed by atoms with Crippen molar-refractivity contribution < 1.29 is 22.4 Å². The number of nitrogens with zero attached hydrogens (tertiary/aromatic N) is 3. The summed E-state index contributed by atoms with van der Waals surface area (Å²) >= 11 is 6.21. The van der Waals surface area contributed by atoms with Crippen molar-refractivity contribution in [3.05, 3.63) is 81.3 Å². The number of nitrogens with two attached hydrogens (primary N) is 1. The first-order valence-electron chi connectivity index (χ1n) is 12.9. The highest BCUT2D eigenvalue weighted by molar-refractivity contribution is 6.34. The standard InChI is InChI=1S/C29H28ClF4N5O/c1-15-21(25-14-39(25)2)11-24(38-27(15)16-3-5-19(31)6-4-16)22(29(32,33)34)13-37-28(40)17-9-18(12-36-20-7-8-20)26(35)23(30)10-17/h3-6,9-12,20,22,25H,7-8,13-14,35H2,1-2H3,(H,37,40). The summed E-state index contributed by atoms with van der Waals surface area (Å²) in [5.74, 6) is -3.27. The molecule has 6 nitrogen and oxygen atoms in total. The van der Waals surface area contributed by atoms with E-state index in [1.807, 2.05) is 11.9 Å². The van der Waals surface area contributed by atoms with Crippen LogP contribution in [0.3, 0.4) is 0 Å². The Bertz CT molecular complexity index is 1470. The summed E-state index contributed by atoms with van der Waals surface area (Å²) < 4.78 is 56.9. The van der Waals surface area contributed by atoms with Gasteiger partial charge in [0.05, 0.1) is 28.1 Å². The number of nitrogen functional groups attached to an aromatic ring is 1. The van der Waals surface area contributed by atoms with E-state index < -0.39 is 30.4 Å². The van der Waals surface area contributed by atoms with Crippen LogP contribution in [0.5, 0.6) is 0 Å². The second-order valence-electron chi connectivity index (χ2n) is 10.3. The van der Waals surface area contributed by atoms with E-state index in [-0.39, 0.29) is 34.1 Å². The Labute approximate surface area is 234 Å². The van der Waals surface area contributed by atoms with Gasteiger partial charge in [-0.15, -0.1) is 0 Å². The molecule has 1 aliphatic carbocycles. The predicted octanol–water partition coefficient (Wildman–Crippen LogP) is 6.08. The van der Waals surface area contributed by atoms with Crippen LogP contribution >= 0.6 is 11.6 Å². The first-order valence-corrected chi connectivity index (χ1v) is 13.2. The van der Waals surface area contributed by atoms with Gasteiger partial charge in [0.15, 0.2) is 0 Å². The molecule has 5 rings (SSSR count). The molecule has 1 amide bonds. The molecule has 2 fully saturated rings. The highest BCUT2D eigenvalue weighted by Crippen LogP contribution is 2.41. The largest absolute Gasteiger partial charge is 0.398 e. The van der Waals surface area contributed by atoms with Crippen molar-refractivity contribution in [3.63, 3.8) is 0 Å². The Morgan fingerprint density at radius 1 is 1.25 bits per heavy atom.